The number of hydrogen-bond donors (Lipinski definition) is 0. The van der Waals surface area contributed by atoms with Gasteiger partial charge < -0.3 is 4.74 Å². The van der Waals surface area contributed by atoms with Gasteiger partial charge in [-0.05, 0) is 51.3 Å². The van der Waals surface area contributed by atoms with Crippen LogP contribution in [0.5, 0.6) is 5.75 Å². The minimum absolute atomic E-state index is 0.215. The SMILES string of the molecule is C=C(C)C1c2c(C)c(C)cc(C)c2OC1C. The topological polar surface area (TPSA) is 9.23 Å². The zero-order chi connectivity index (χ0) is 12.0. The van der Waals surface area contributed by atoms with Gasteiger partial charge in [-0.15, -0.1) is 0 Å². The lowest BCUT2D eigenvalue weighted by molar-refractivity contribution is 0.236. The fraction of sp³-hybridized carbons (Fsp3) is 0.467. The van der Waals surface area contributed by atoms with Crippen LogP contribution in [0.4, 0.5) is 0 Å². The van der Waals surface area contributed by atoms with E-state index < -0.39 is 0 Å². The average Bonchev–Trinajstić information content (AvgIpc) is 2.53. The molecule has 1 nitrogen and oxygen atoms in total. The third-order valence-corrected chi connectivity index (χ3v) is 3.65. The third kappa shape index (κ3) is 1.46. The average molecular weight is 216 g/mol. The second kappa shape index (κ2) is 3.65. The highest BCUT2D eigenvalue weighted by molar-refractivity contribution is 5.56. The van der Waals surface area contributed by atoms with Crippen molar-refractivity contribution in [2.24, 2.45) is 0 Å². The molecule has 0 radical (unpaired) electrons. The fourth-order valence-electron chi connectivity index (χ4n) is 2.76. The highest BCUT2D eigenvalue weighted by atomic mass is 16.5. The van der Waals surface area contributed by atoms with Gasteiger partial charge in [0.05, 0.1) is 0 Å². The van der Waals surface area contributed by atoms with Crippen LogP contribution in [0.15, 0.2) is 18.2 Å². The molecule has 1 heteroatoms. The molecule has 0 spiro atoms. The van der Waals surface area contributed by atoms with E-state index in [9.17, 15) is 0 Å². The van der Waals surface area contributed by atoms with E-state index in [0.29, 0.717) is 5.92 Å². The summed E-state index contributed by atoms with van der Waals surface area (Å²) in [5, 5.41) is 0. The smallest absolute Gasteiger partial charge is 0.126 e. The summed E-state index contributed by atoms with van der Waals surface area (Å²) in [5.41, 5.74) is 6.50. The normalized spacial score (nSPS) is 22.8. The van der Waals surface area contributed by atoms with E-state index in [1.807, 2.05) is 0 Å². The molecule has 16 heavy (non-hydrogen) atoms. The summed E-state index contributed by atoms with van der Waals surface area (Å²) in [6.45, 7) is 14.8. The summed E-state index contributed by atoms with van der Waals surface area (Å²) < 4.78 is 5.99. The molecule has 0 aliphatic carbocycles. The van der Waals surface area contributed by atoms with E-state index in [0.717, 1.165) is 5.75 Å². The van der Waals surface area contributed by atoms with Crippen LogP contribution < -0.4 is 4.74 Å². The summed E-state index contributed by atoms with van der Waals surface area (Å²) in [6.07, 6.45) is 0.215. The summed E-state index contributed by atoms with van der Waals surface area (Å²) in [5.74, 6) is 1.44. The Balaban J connectivity index is 2.68. The first-order valence-electron chi connectivity index (χ1n) is 5.86. The first kappa shape index (κ1) is 11.3. The van der Waals surface area contributed by atoms with Crippen molar-refractivity contribution in [2.75, 3.05) is 0 Å². The van der Waals surface area contributed by atoms with Gasteiger partial charge >= 0.3 is 0 Å². The van der Waals surface area contributed by atoms with Crippen LogP contribution in [0.1, 0.15) is 42.0 Å². The lowest BCUT2D eigenvalue weighted by Crippen LogP contribution is -2.15. The quantitative estimate of drug-likeness (QED) is 0.643. The predicted octanol–water partition coefficient (Wildman–Crippen LogP) is 4.05. The van der Waals surface area contributed by atoms with Crippen LogP contribution in [0, 0.1) is 20.8 Å². The number of aryl methyl sites for hydroxylation is 2. The summed E-state index contributed by atoms with van der Waals surface area (Å²) in [4.78, 5) is 0. The van der Waals surface area contributed by atoms with Gasteiger partial charge in [0, 0.05) is 11.5 Å². The van der Waals surface area contributed by atoms with Gasteiger partial charge in [0.15, 0.2) is 0 Å². The maximum Gasteiger partial charge on any atom is 0.126 e. The Kier molecular flexibility index (Phi) is 2.57. The number of hydrogen-bond acceptors (Lipinski definition) is 1. The van der Waals surface area contributed by atoms with Crippen molar-refractivity contribution >= 4 is 0 Å². The van der Waals surface area contributed by atoms with E-state index >= 15 is 0 Å². The zero-order valence-electron chi connectivity index (χ0n) is 10.8. The van der Waals surface area contributed by atoms with E-state index in [1.165, 1.54) is 27.8 Å². The fourth-order valence-corrected chi connectivity index (χ4v) is 2.76. The van der Waals surface area contributed by atoms with Crippen LogP contribution >= 0.6 is 0 Å². The van der Waals surface area contributed by atoms with Crippen molar-refractivity contribution in [2.45, 2.75) is 46.6 Å². The molecule has 1 heterocycles. The highest BCUT2D eigenvalue weighted by Gasteiger charge is 2.34. The highest BCUT2D eigenvalue weighted by Crippen LogP contribution is 2.46. The lowest BCUT2D eigenvalue weighted by Gasteiger charge is -2.16. The van der Waals surface area contributed by atoms with Gasteiger partial charge in [-0.3, -0.25) is 0 Å². The maximum absolute atomic E-state index is 5.99. The summed E-state index contributed by atoms with van der Waals surface area (Å²) >= 11 is 0. The van der Waals surface area contributed by atoms with Gasteiger partial charge in [-0.25, -0.2) is 0 Å². The molecule has 86 valence electrons. The van der Waals surface area contributed by atoms with E-state index in [1.54, 1.807) is 0 Å². The minimum atomic E-state index is 0.215. The number of benzene rings is 1. The Bertz CT molecular complexity index is 457. The molecule has 1 aromatic carbocycles. The Morgan fingerprint density at radius 2 is 1.88 bits per heavy atom. The molecular formula is C15H20O. The largest absolute Gasteiger partial charge is 0.489 e. The molecule has 0 saturated heterocycles. The van der Waals surface area contributed by atoms with Crippen LogP contribution in [-0.4, -0.2) is 6.10 Å². The third-order valence-electron chi connectivity index (χ3n) is 3.65. The van der Waals surface area contributed by atoms with Crippen molar-refractivity contribution in [3.05, 3.63) is 40.5 Å². The standard InChI is InChI=1S/C15H20O/c1-8(2)13-12(6)16-15-10(4)7-9(3)11(5)14(13)15/h7,12-13H,1H2,2-6H3. The lowest BCUT2D eigenvalue weighted by atomic mass is 9.85. The maximum atomic E-state index is 5.99. The number of rotatable bonds is 1. The first-order chi connectivity index (χ1) is 7.43. The van der Waals surface area contributed by atoms with Gasteiger partial charge in [0.2, 0.25) is 0 Å². The monoisotopic (exact) mass is 216 g/mol. The number of fused-ring (bicyclic) bond motifs is 1. The molecule has 0 saturated carbocycles. The molecule has 0 bridgehead atoms. The molecule has 0 amide bonds. The molecule has 1 aromatic rings. The van der Waals surface area contributed by atoms with Crippen molar-refractivity contribution in [3.63, 3.8) is 0 Å². The van der Waals surface area contributed by atoms with Gasteiger partial charge in [-0.2, -0.15) is 0 Å². The second-order valence-corrected chi connectivity index (χ2v) is 5.03. The van der Waals surface area contributed by atoms with Crippen molar-refractivity contribution in [1.29, 1.82) is 0 Å². The molecule has 0 N–H and O–H groups in total. The molecular weight excluding hydrogens is 196 g/mol. The molecule has 1 aliphatic heterocycles. The van der Waals surface area contributed by atoms with E-state index in [4.69, 9.17) is 4.74 Å². The van der Waals surface area contributed by atoms with Gasteiger partial charge in [0.25, 0.3) is 0 Å². The van der Waals surface area contributed by atoms with Crippen molar-refractivity contribution in [1.82, 2.24) is 0 Å². The Hall–Kier alpha value is -1.24. The van der Waals surface area contributed by atoms with Crippen LogP contribution in [0.2, 0.25) is 0 Å². The zero-order valence-corrected chi connectivity index (χ0v) is 10.8. The van der Waals surface area contributed by atoms with Crippen LogP contribution in [0.3, 0.4) is 0 Å². The van der Waals surface area contributed by atoms with Crippen LogP contribution in [-0.2, 0) is 0 Å². The van der Waals surface area contributed by atoms with E-state index in [2.05, 4.69) is 47.3 Å². The minimum Gasteiger partial charge on any atom is -0.489 e. The molecule has 0 fully saturated rings. The van der Waals surface area contributed by atoms with Gasteiger partial charge in [0.1, 0.15) is 11.9 Å². The summed E-state index contributed by atoms with van der Waals surface area (Å²) in [7, 11) is 0. The molecule has 2 rings (SSSR count). The Labute approximate surface area is 98.1 Å². The van der Waals surface area contributed by atoms with Crippen molar-refractivity contribution in [3.8, 4) is 5.75 Å². The molecule has 2 unspecified atom stereocenters. The second-order valence-electron chi connectivity index (χ2n) is 5.03. The van der Waals surface area contributed by atoms with Crippen molar-refractivity contribution < 1.29 is 4.74 Å². The Morgan fingerprint density at radius 3 is 2.44 bits per heavy atom. The number of ether oxygens (including phenoxy) is 1. The predicted molar refractivity (Wildman–Crippen MR) is 68.3 cm³/mol. The molecule has 2 atom stereocenters. The van der Waals surface area contributed by atoms with Crippen LogP contribution in [0.25, 0.3) is 0 Å². The first-order valence-corrected chi connectivity index (χ1v) is 5.86. The van der Waals surface area contributed by atoms with E-state index in [-0.39, 0.29) is 6.10 Å². The molecule has 0 aromatic heterocycles. The summed E-state index contributed by atoms with van der Waals surface area (Å²) in [6, 6.07) is 2.21. The Morgan fingerprint density at radius 1 is 1.25 bits per heavy atom. The molecule has 1 aliphatic rings. The van der Waals surface area contributed by atoms with Gasteiger partial charge in [-0.1, -0.05) is 18.2 Å².